The summed E-state index contributed by atoms with van der Waals surface area (Å²) in [5.74, 6) is -16.1. The van der Waals surface area contributed by atoms with E-state index in [-0.39, 0.29) is 0 Å². The minimum absolute atomic E-state index is 0.799. The van der Waals surface area contributed by atoms with Crippen molar-refractivity contribution in [3.05, 3.63) is 59.2 Å². The van der Waals surface area contributed by atoms with Crippen LogP contribution < -0.4 is 34.5 Å². The van der Waals surface area contributed by atoms with Crippen molar-refractivity contribution < 1.29 is 68.3 Å². The Kier molecular flexibility index (Phi) is 6.19. The molecule has 0 aliphatic heterocycles. The van der Waals surface area contributed by atoms with E-state index in [2.05, 4.69) is 11.9 Å². The fraction of sp³-hybridized carbons (Fsp3) is 0. The highest BCUT2D eigenvalue weighted by atomic mass is 127. The molecule has 2 aromatic carbocycles. The SMILES string of the molecule is O=P(O[I+][O-])(Oc1ccccc1F)Oc1c(F)c(F)c(F)c(F)c1F. The summed E-state index contributed by atoms with van der Waals surface area (Å²) >= 11 is -2.62. The van der Waals surface area contributed by atoms with Crippen molar-refractivity contribution in [1.82, 2.24) is 0 Å². The summed E-state index contributed by atoms with van der Waals surface area (Å²) < 4.78 is 116. The van der Waals surface area contributed by atoms with Gasteiger partial charge in [0, 0.05) is 0 Å². The lowest BCUT2D eigenvalue weighted by Gasteiger charge is -2.16. The number of para-hydroxylation sites is 1. The first kappa shape index (κ1) is 19.8. The molecule has 0 amide bonds. The third-order valence-corrected chi connectivity index (χ3v) is 5.51. The Labute approximate surface area is 147 Å². The lowest BCUT2D eigenvalue weighted by molar-refractivity contribution is -1.25. The molecule has 0 spiro atoms. The molecular formula is C12H4F6IO5P. The van der Waals surface area contributed by atoms with Gasteiger partial charge in [0.25, 0.3) is 0 Å². The van der Waals surface area contributed by atoms with Gasteiger partial charge in [-0.05, 0) is 15.0 Å². The maximum Gasteiger partial charge on any atom is 0.632 e. The van der Waals surface area contributed by atoms with Crippen molar-refractivity contribution >= 4 is 7.82 Å². The molecule has 2 rings (SSSR count). The fourth-order valence-corrected chi connectivity index (χ4v) is 3.51. The monoisotopic (exact) mass is 500 g/mol. The minimum Gasteiger partial charge on any atom is -0.566 e. The Hall–Kier alpha value is -1.50. The van der Waals surface area contributed by atoms with Gasteiger partial charge in [0.15, 0.2) is 11.6 Å². The van der Waals surface area contributed by atoms with Gasteiger partial charge in [-0.1, -0.05) is 12.1 Å². The topological polar surface area (TPSA) is 67.8 Å². The largest absolute Gasteiger partial charge is 0.632 e. The van der Waals surface area contributed by atoms with Crippen LogP contribution in [0.15, 0.2) is 24.3 Å². The standard InChI is InChI=1S/C12H4F6IO5P/c13-5-3-1-2-4-6(5)22-25(21,24-19-20)23-12-10(17)8(15)7(14)9(16)11(12)18/h1-4H. The van der Waals surface area contributed by atoms with E-state index < -0.39 is 76.3 Å². The summed E-state index contributed by atoms with van der Waals surface area (Å²) in [7, 11) is -5.24. The van der Waals surface area contributed by atoms with Crippen LogP contribution in [0.25, 0.3) is 0 Å². The second-order valence-electron chi connectivity index (χ2n) is 4.09. The summed E-state index contributed by atoms with van der Waals surface area (Å²) in [6, 6.07) is 4.15. The van der Waals surface area contributed by atoms with Gasteiger partial charge in [-0.15, -0.1) is 0 Å². The average Bonchev–Trinajstić information content (AvgIpc) is 2.58. The van der Waals surface area contributed by atoms with Crippen LogP contribution in [0.1, 0.15) is 0 Å². The zero-order valence-electron chi connectivity index (χ0n) is 11.4. The molecular weight excluding hydrogens is 496 g/mol. The summed E-state index contributed by atoms with van der Waals surface area (Å²) in [5, 5.41) is 0. The van der Waals surface area contributed by atoms with E-state index in [1.54, 1.807) is 0 Å². The summed E-state index contributed by atoms with van der Waals surface area (Å²) in [4.78, 5) is 0. The molecule has 0 heterocycles. The first-order valence-corrected chi connectivity index (χ1v) is 9.13. The van der Waals surface area contributed by atoms with Crippen LogP contribution >= 0.6 is 7.82 Å². The van der Waals surface area contributed by atoms with E-state index >= 15 is 0 Å². The third kappa shape index (κ3) is 4.19. The molecule has 0 saturated heterocycles. The predicted molar refractivity (Wildman–Crippen MR) is 62.6 cm³/mol. The van der Waals surface area contributed by atoms with Crippen LogP contribution in [0, 0.1) is 34.9 Å². The highest BCUT2D eigenvalue weighted by Crippen LogP contribution is 2.49. The van der Waals surface area contributed by atoms with E-state index in [4.69, 9.17) is 0 Å². The lowest BCUT2D eigenvalue weighted by Crippen LogP contribution is -3.69. The van der Waals surface area contributed by atoms with Gasteiger partial charge in [-0.2, -0.15) is 8.78 Å². The number of phosphoric acid groups is 1. The highest BCUT2D eigenvalue weighted by Gasteiger charge is 2.41. The van der Waals surface area contributed by atoms with Gasteiger partial charge in [-0.3, -0.25) is 0 Å². The fourth-order valence-electron chi connectivity index (χ4n) is 1.50. The average molecular weight is 500 g/mol. The quantitative estimate of drug-likeness (QED) is 0.189. The van der Waals surface area contributed by atoms with Gasteiger partial charge >= 0.3 is 29.9 Å². The molecule has 2 aromatic rings. The second kappa shape index (κ2) is 7.81. The molecule has 136 valence electrons. The van der Waals surface area contributed by atoms with Crippen LogP contribution in [-0.2, 0) is 7.42 Å². The van der Waals surface area contributed by atoms with E-state index in [0.717, 1.165) is 12.1 Å². The predicted octanol–water partition coefficient (Wildman–Crippen LogP) is 0.383. The van der Waals surface area contributed by atoms with Gasteiger partial charge in [0.05, 0.1) is 0 Å². The summed E-state index contributed by atoms with van der Waals surface area (Å²) in [6.45, 7) is 0. The van der Waals surface area contributed by atoms with Crippen LogP contribution in [0.5, 0.6) is 11.5 Å². The van der Waals surface area contributed by atoms with Gasteiger partial charge in [0.1, 0.15) is 0 Å². The molecule has 0 saturated carbocycles. The molecule has 25 heavy (non-hydrogen) atoms. The molecule has 0 fully saturated rings. The van der Waals surface area contributed by atoms with Crippen molar-refractivity contribution in [1.29, 1.82) is 0 Å². The number of hydrogen-bond donors (Lipinski definition) is 0. The van der Waals surface area contributed by atoms with E-state index in [1.807, 2.05) is 0 Å². The van der Waals surface area contributed by atoms with Crippen LogP contribution in [0.4, 0.5) is 26.3 Å². The molecule has 5 nitrogen and oxygen atoms in total. The van der Waals surface area contributed by atoms with Crippen molar-refractivity contribution in [3.8, 4) is 11.5 Å². The zero-order chi connectivity index (χ0) is 18.8. The molecule has 0 N–H and O–H groups in total. The Balaban J connectivity index is 2.47. The van der Waals surface area contributed by atoms with Crippen molar-refractivity contribution in [2.24, 2.45) is 0 Å². The minimum atomic E-state index is -5.24. The van der Waals surface area contributed by atoms with Gasteiger partial charge < -0.3 is 12.5 Å². The lowest BCUT2D eigenvalue weighted by atomic mass is 10.3. The van der Waals surface area contributed by atoms with E-state index in [1.165, 1.54) is 12.1 Å². The number of halogens is 7. The van der Waals surface area contributed by atoms with Crippen molar-refractivity contribution in [3.63, 3.8) is 0 Å². The summed E-state index contributed by atoms with van der Waals surface area (Å²) in [5.41, 5.74) is 0. The molecule has 1 atom stereocenters. The van der Waals surface area contributed by atoms with Gasteiger partial charge in [0.2, 0.25) is 34.8 Å². The Bertz CT molecular complexity index is 822. The van der Waals surface area contributed by atoms with Crippen LogP contribution in [-0.4, -0.2) is 0 Å². The maximum absolute atomic E-state index is 13.6. The Morgan fingerprint density at radius 2 is 1.36 bits per heavy atom. The summed E-state index contributed by atoms with van der Waals surface area (Å²) in [6.07, 6.45) is 0. The Morgan fingerprint density at radius 1 is 0.840 bits per heavy atom. The number of rotatable bonds is 6. The second-order valence-corrected chi connectivity index (χ2v) is 7.03. The number of benzene rings is 2. The first-order valence-electron chi connectivity index (χ1n) is 5.91. The molecule has 0 aromatic heterocycles. The normalized spacial score (nSPS) is 13.4. The molecule has 13 heteroatoms. The molecule has 0 aliphatic carbocycles. The molecule has 0 radical (unpaired) electrons. The molecule has 1 unspecified atom stereocenters. The van der Waals surface area contributed by atoms with Crippen LogP contribution in [0.2, 0.25) is 0 Å². The number of phosphoric ester groups is 1. The van der Waals surface area contributed by atoms with E-state index in [0.29, 0.717) is 0 Å². The number of hydrogen-bond acceptors (Lipinski definition) is 5. The maximum atomic E-state index is 13.6. The third-order valence-electron chi connectivity index (χ3n) is 2.53. The van der Waals surface area contributed by atoms with Gasteiger partial charge in [-0.25, -0.2) is 22.1 Å². The Morgan fingerprint density at radius 3 is 1.88 bits per heavy atom. The smallest absolute Gasteiger partial charge is 0.566 e. The molecule has 0 bridgehead atoms. The highest BCUT2D eigenvalue weighted by molar-refractivity contribution is 7.49. The zero-order valence-corrected chi connectivity index (χ0v) is 14.5. The van der Waals surface area contributed by atoms with Crippen LogP contribution in [0.3, 0.4) is 0 Å². The first-order chi connectivity index (χ1) is 11.7. The van der Waals surface area contributed by atoms with Crippen molar-refractivity contribution in [2.45, 2.75) is 0 Å². The van der Waals surface area contributed by atoms with Crippen molar-refractivity contribution in [2.75, 3.05) is 0 Å². The molecule has 0 aliphatic rings. The van der Waals surface area contributed by atoms with E-state index in [9.17, 15) is 34.3 Å².